The van der Waals surface area contributed by atoms with Crippen LogP contribution in [0.3, 0.4) is 0 Å². The summed E-state index contributed by atoms with van der Waals surface area (Å²) in [7, 11) is 0. The molecule has 1 fully saturated rings. The van der Waals surface area contributed by atoms with Crippen LogP contribution in [0.4, 0.5) is 4.79 Å². The van der Waals surface area contributed by atoms with Crippen LogP contribution < -0.4 is 10.6 Å². The number of rotatable bonds is 10. The quantitative estimate of drug-likeness (QED) is 0.506. The Bertz CT molecular complexity index is 987. The zero-order chi connectivity index (χ0) is 23.4. The fourth-order valence-corrected chi connectivity index (χ4v) is 4.62. The molecule has 1 unspecified atom stereocenters. The molecular weight excluding hydrogens is 420 g/mol. The molecule has 0 aromatic heterocycles. The van der Waals surface area contributed by atoms with Crippen LogP contribution in [0.1, 0.15) is 56.1 Å². The highest BCUT2D eigenvalue weighted by molar-refractivity contribution is 5.80. The topological polar surface area (TPSA) is 105 Å². The minimum atomic E-state index is -0.947. The number of aliphatic carboxylic acids is 1. The van der Waals surface area contributed by atoms with E-state index in [4.69, 9.17) is 9.84 Å². The summed E-state index contributed by atoms with van der Waals surface area (Å²) in [4.78, 5) is 36.0. The lowest BCUT2D eigenvalue weighted by Crippen LogP contribution is -2.43. The number of nitrogens with one attached hydrogen (secondary N) is 2. The number of ether oxygens (including phenoxy) is 1. The average Bonchev–Trinajstić information content (AvgIpc) is 3.59. The third-order valence-corrected chi connectivity index (χ3v) is 6.52. The predicted octanol–water partition coefficient (Wildman–Crippen LogP) is 4.06. The van der Waals surface area contributed by atoms with Crippen molar-refractivity contribution in [1.29, 1.82) is 0 Å². The van der Waals surface area contributed by atoms with Gasteiger partial charge in [0.2, 0.25) is 5.91 Å². The summed E-state index contributed by atoms with van der Waals surface area (Å²) in [5.74, 6) is -0.973. The van der Waals surface area contributed by atoms with Gasteiger partial charge in [0, 0.05) is 24.4 Å². The Kier molecular flexibility index (Phi) is 6.96. The van der Waals surface area contributed by atoms with Crippen LogP contribution in [-0.2, 0) is 14.3 Å². The van der Waals surface area contributed by atoms with E-state index in [1.807, 2.05) is 31.2 Å². The van der Waals surface area contributed by atoms with Gasteiger partial charge in [0.1, 0.15) is 6.61 Å². The van der Waals surface area contributed by atoms with Crippen molar-refractivity contribution in [2.45, 2.75) is 57.0 Å². The first-order valence-corrected chi connectivity index (χ1v) is 11.6. The largest absolute Gasteiger partial charge is 0.481 e. The Morgan fingerprint density at radius 1 is 0.970 bits per heavy atom. The first kappa shape index (κ1) is 22.8. The monoisotopic (exact) mass is 450 g/mol. The van der Waals surface area contributed by atoms with Gasteiger partial charge in [-0.25, -0.2) is 4.79 Å². The lowest BCUT2D eigenvalue weighted by molar-refractivity contribution is -0.137. The van der Waals surface area contributed by atoms with Gasteiger partial charge in [0.15, 0.2) is 0 Å². The van der Waals surface area contributed by atoms with Crippen molar-refractivity contribution >= 4 is 18.0 Å². The maximum absolute atomic E-state index is 12.6. The molecular formula is C26H30N2O5. The second-order valence-electron chi connectivity index (χ2n) is 8.89. The number of benzene rings is 2. The van der Waals surface area contributed by atoms with Crippen molar-refractivity contribution in [2.75, 3.05) is 6.61 Å². The van der Waals surface area contributed by atoms with Gasteiger partial charge >= 0.3 is 12.1 Å². The van der Waals surface area contributed by atoms with Gasteiger partial charge in [0.25, 0.3) is 0 Å². The van der Waals surface area contributed by atoms with Crippen molar-refractivity contribution in [3.05, 3.63) is 59.7 Å². The third-order valence-electron chi connectivity index (χ3n) is 6.52. The summed E-state index contributed by atoms with van der Waals surface area (Å²) >= 11 is 0. The standard InChI is InChI=1S/C26H30N2O5/c1-2-17(13-25(30)31)27-24(29)14-23(16-11-12-16)28-26(32)33-15-22-20-9-5-3-7-18(20)19-8-4-6-10-21(19)22/h3-10,16-17,22-23H,2,11-15H2,1H3,(H,27,29)(H,28,32)(H,30,31)/t17-,23?/m0/s1. The van der Waals surface area contributed by atoms with Crippen LogP contribution in [0.5, 0.6) is 0 Å². The maximum Gasteiger partial charge on any atom is 0.407 e. The van der Waals surface area contributed by atoms with E-state index < -0.39 is 18.1 Å². The lowest BCUT2D eigenvalue weighted by Gasteiger charge is -2.21. The summed E-state index contributed by atoms with van der Waals surface area (Å²) in [5, 5.41) is 14.6. The van der Waals surface area contributed by atoms with E-state index in [0.717, 1.165) is 24.0 Å². The lowest BCUT2D eigenvalue weighted by atomic mass is 9.98. The van der Waals surface area contributed by atoms with Gasteiger partial charge in [-0.2, -0.15) is 0 Å². The third kappa shape index (κ3) is 5.53. The Balaban J connectivity index is 1.34. The van der Waals surface area contributed by atoms with Crippen LogP contribution >= 0.6 is 0 Å². The molecule has 33 heavy (non-hydrogen) atoms. The Morgan fingerprint density at radius 3 is 2.12 bits per heavy atom. The molecule has 2 amide bonds. The molecule has 2 aromatic rings. The van der Waals surface area contributed by atoms with Gasteiger partial charge in [-0.1, -0.05) is 55.5 Å². The van der Waals surface area contributed by atoms with Crippen LogP contribution in [-0.4, -0.2) is 41.8 Å². The van der Waals surface area contributed by atoms with Gasteiger partial charge in [-0.05, 0) is 47.4 Å². The van der Waals surface area contributed by atoms with E-state index in [1.54, 1.807) is 0 Å². The minimum Gasteiger partial charge on any atom is -0.481 e. The van der Waals surface area contributed by atoms with E-state index in [1.165, 1.54) is 11.1 Å². The highest BCUT2D eigenvalue weighted by Crippen LogP contribution is 2.44. The van der Waals surface area contributed by atoms with Crippen molar-refractivity contribution in [2.24, 2.45) is 5.92 Å². The molecule has 2 aliphatic carbocycles. The Hall–Kier alpha value is -3.35. The Morgan fingerprint density at radius 2 is 1.58 bits per heavy atom. The van der Waals surface area contributed by atoms with E-state index in [9.17, 15) is 14.4 Å². The van der Waals surface area contributed by atoms with Crippen molar-refractivity contribution < 1.29 is 24.2 Å². The molecule has 3 N–H and O–H groups in total. The van der Waals surface area contributed by atoms with Crippen molar-refractivity contribution in [3.63, 3.8) is 0 Å². The van der Waals surface area contributed by atoms with Gasteiger partial charge < -0.3 is 20.5 Å². The highest BCUT2D eigenvalue weighted by Gasteiger charge is 2.35. The van der Waals surface area contributed by atoms with Crippen LogP contribution in [0.15, 0.2) is 48.5 Å². The molecule has 0 radical (unpaired) electrons. The first-order valence-electron chi connectivity index (χ1n) is 11.6. The van der Waals surface area contributed by atoms with Gasteiger partial charge in [-0.3, -0.25) is 9.59 Å². The summed E-state index contributed by atoms with van der Waals surface area (Å²) in [6.45, 7) is 2.06. The highest BCUT2D eigenvalue weighted by atomic mass is 16.5. The van der Waals surface area contributed by atoms with Crippen molar-refractivity contribution in [3.8, 4) is 11.1 Å². The van der Waals surface area contributed by atoms with E-state index in [0.29, 0.717) is 6.42 Å². The molecule has 0 aliphatic heterocycles. The zero-order valence-electron chi connectivity index (χ0n) is 18.8. The van der Waals surface area contributed by atoms with Crippen LogP contribution in [0.25, 0.3) is 11.1 Å². The van der Waals surface area contributed by atoms with Crippen LogP contribution in [0.2, 0.25) is 0 Å². The molecule has 0 saturated heterocycles. The maximum atomic E-state index is 12.6. The number of amides is 2. The van der Waals surface area contributed by atoms with Crippen molar-refractivity contribution in [1.82, 2.24) is 10.6 Å². The number of hydrogen-bond donors (Lipinski definition) is 3. The normalized spacial score (nSPS) is 16.3. The Labute approximate surface area is 193 Å². The average molecular weight is 451 g/mol. The molecule has 2 aromatic carbocycles. The second kappa shape index (κ2) is 10.1. The number of hydrogen-bond acceptors (Lipinski definition) is 4. The molecule has 2 atom stereocenters. The molecule has 0 bridgehead atoms. The summed E-state index contributed by atoms with van der Waals surface area (Å²) < 4.78 is 5.63. The van der Waals surface area contributed by atoms with Gasteiger partial charge in [-0.15, -0.1) is 0 Å². The molecule has 2 aliphatic rings. The smallest absolute Gasteiger partial charge is 0.407 e. The number of carboxylic acids is 1. The molecule has 174 valence electrons. The van der Waals surface area contributed by atoms with E-state index in [-0.39, 0.29) is 43.2 Å². The molecule has 7 nitrogen and oxygen atoms in total. The summed E-state index contributed by atoms with van der Waals surface area (Å²) in [5.41, 5.74) is 4.63. The van der Waals surface area contributed by atoms with Gasteiger partial charge in [0.05, 0.1) is 6.42 Å². The number of carboxylic acid groups (broad SMARTS) is 1. The zero-order valence-corrected chi connectivity index (χ0v) is 18.8. The number of alkyl carbamates (subject to hydrolysis) is 1. The summed E-state index contributed by atoms with van der Waals surface area (Å²) in [6.07, 6.45) is 1.91. The predicted molar refractivity (Wildman–Crippen MR) is 124 cm³/mol. The van der Waals surface area contributed by atoms with Crippen LogP contribution in [0, 0.1) is 5.92 Å². The molecule has 0 heterocycles. The number of fused-ring (bicyclic) bond motifs is 3. The molecule has 4 rings (SSSR count). The number of carbonyl (C=O) groups excluding carboxylic acids is 2. The minimum absolute atomic E-state index is 0.0212. The number of carbonyl (C=O) groups is 3. The van der Waals surface area contributed by atoms with E-state index in [2.05, 4.69) is 34.9 Å². The molecule has 0 spiro atoms. The molecule has 7 heteroatoms. The fourth-order valence-electron chi connectivity index (χ4n) is 4.62. The summed E-state index contributed by atoms with van der Waals surface area (Å²) in [6, 6.07) is 15.6. The fraction of sp³-hybridized carbons (Fsp3) is 0.423. The first-order chi connectivity index (χ1) is 16.0. The van der Waals surface area contributed by atoms with E-state index >= 15 is 0 Å². The molecule has 1 saturated carbocycles. The second-order valence-corrected chi connectivity index (χ2v) is 8.89. The SMILES string of the molecule is CC[C@@H](CC(=O)O)NC(=O)CC(NC(=O)OCC1c2ccccc2-c2ccccc21)C1CC1.